The number of rotatable bonds is 7. The van der Waals surface area contributed by atoms with E-state index in [9.17, 15) is 4.79 Å². The van der Waals surface area contributed by atoms with Gasteiger partial charge in [0.15, 0.2) is 0 Å². The van der Waals surface area contributed by atoms with Crippen LogP contribution in [0.2, 0.25) is 0 Å². The van der Waals surface area contributed by atoms with Crippen molar-refractivity contribution in [2.45, 2.75) is 33.1 Å². The van der Waals surface area contributed by atoms with E-state index in [1.165, 1.54) is 12.8 Å². The van der Waals surface area contributed by atoms with Crippen molar-refractivity contribution in [1.82, 2.24) is 0 Å². The monoisotopic (exact) mass is 190 g/mol. The van der Waals surface area contributed by atoms with Gasteiger partial charge in [-0.05, 0) is 18.6 Å². The summed E-state index contributed by atoms with van der Waals surface area (Å²) < 4.78 is 4.91. The number of carbonyl (C=O) groups excluding carboxylic acids is 1. The summed E-state index contributed by atoms with van der Waals surface area (Å²) >= 11 is 1.66. The molecule has 0 N–H and O–H groups in total. The molecule has 0 bridgehead atoms. The normalized spacial score (nSPS) is 9.83. The average molecular weight is 190 g/mol. The first-order chi connectivity index (χ1) is 5.81. The van der Waals surface area contributed by atoms with Crippen LogP contribution >= 0.6 is 11.8 Å². The first-order valence-corrected chi connectivity index (χ1v) is 5.70. The van der Waals surface area contributed by atoms with Gasteiger partial charge in [0.05, 0.1) is 12.4 Å². The number of esters is 1. The Morgan fingerprint density at radius 1 is 1.33 bits per heavy atom. The molecule has 0 fully saturated rings. The van der Waals surface area contributed by atoms with E-state index in [-0.39, 0.29) is 5.97 Å². The first-order valence-electron chi connectivity index (χ1n) is 4.54. The Bertz CT molecular complexity index is 115. The molecular formula is C9H18O2S. The Labute approximate surface area is 79.1 Å². The third-order valence-corrected chi connectivity index (χ3v) is 2.35. The standard InChI is InChI=1S/C9H18O2S/c1-3-5-7-12-8-9(10)11-6-4-2/h3-8H2,1-2H3. The third kappa shape index (κ3) is 7.92. The van der Waals surface area contributed by atoms with Crippen molar-refractivity contribution in [2.24, 2.45) is 0 Å². The molecule has 0 unspecified atom stereocenters. The quantitative estimate of drug-likeness (QED) is 0.455. The molecular weight excluding hydrogens is 172 g/mol. The fourth-order valence-corrected chi connectivity index (χ4v) is 1.55. The Kier molecular flexibility index (Phi) is 8.78. The SMILES string of the molecule is CCCCSCC(=O)OCCC. The van der Waals surface area contributed by atoms with Crippen molar-refractivity contribution in [3.8, 4) is 0 Å². The van der Waals surface area contributed by atoms with Gasteiger partial charge < -0.3 is 4.74 Å². The van der Waals surface area contributed by atoms with E-state index in [0.29, 0.717) is 12.4 Å². The minimum atomic E-state index is -0.0713. The number of hydrogen-bond donors (Lipinski definition) is 0. The van der Waals surface area contributed by atoms with Crippen molar-refractivity contribution >= 4 is 17.7 Å². The predicted molar refractivity (Wildman–Crippen MR) is 53.5 cm³/mol. The van der Waals surface area contributed by atoms with Gasteiger partial charge in [0.2, 0.25) is 0 Å². The summed E-state index contributed by atoms with van der Waals surface area (Å²) in [6, 6.07) is 0. The molecule has 0 saturated heterocycles. The number of ether oxygens (including phenoxy) is 1. The number of thioether (sulfide) groups is 1. The van der Waals surface area contributed by atoms with Gasteiger partial charge in [-0.1, -0.05) is 20.3 Å². The summed E-state index contributed by atoms with van der Waals surface area (Å²) in [5.41, 5.74) is 0. The maximum atomic E-state index is 10.9. The summed E-state index contributed by atoms with van der Waals surface area (Å²) in [7, 11) is 0. The number of unbranched alkanes of at least 4 members (excludes halogenated alkanes) is 1. The highest BCUT2D eigenvalue weighted by Gasteiger charge is 2.00. The molecule has 0 rings (SSSR count). The van der Waals surface area contributed by atoms with Gasteiger partial charge in [0.25, 0.3) is 0 Å². The van der Waals surface area contributed by atoms with Gasteiger partial charge in [-0.25, -0.2) is 0 Å². The van der Waals surface area contributed by atoms with E-state index in [1.54, 1.807) is 11.8 Å². The van der Waals surface area contributed by atoms with Crippen LogP contribution in [0.15, 0.2) is 0 Å². The predicted octanol–water partition coefficient (Wildman–Crippen LogP) is 2.47. The van der Waals surface area contributed by atoms with Gasteiger partial charge in [-0.2, -0.15) is 11.8 Å². The Morgan fingerprint density at radius 3 is 2.67 bits per heavy atom. The van der Waals surface area contributed by atoms with Crippen molar-refractivity contribution in [3.05, 3.63) is 0 Å². The molecule has 0 aromatic heterocycles. The molecule has 0 amide bonds. The van der Waals surface area contributed by atoms with Crippen LogP contribution < -0.4 is 0 Å². The lowest BCUT2D eigenvalue weighted by Gasteiger charge is -2.01. The zero-order chi connectivity index (χ0) is 9.23. The van der Waals surface area contributed by atoms with Gasteiger partial charge >= 0.3 is 5.97 Å². The number of hydrogen-bond acceptors (Lipinski definition) is 3. The fourth-order valence-electron chi connectivity index (χ4n) is 0.659. The van der Waals surface area contributed by atoms with E-state index in [2.05, 4.69) is 6.92 Å². The zero-order valence-electron chi connectivity index (χ0n) is 7.97. The van der Waals surface area contributed by atoms with E-state index < -0.39 is 0 Å². The largest absolute Gasteiger partial charge is 0.465 e. The van der Waals surface area contributed by atoms with Crippen LogP contribution in [0.4, 0.5) is 0 Å². The lowest BCUT2D eigenvalue weighted by atomic mass is 10.4. The summed E-state index contributed by atoms with van der Waals surface area (Å²) in [5.74, 6) is 1.51. The molecule has 0 aliphatic rings. The van der Waals surface area contributed by atoms with Crippen LogP contribution in [0.25, 0.3) is 0 Å². The number of carbonyl (C=O) groups is 1. The van der Waals surface area contributed by atoms with Crippen molar-refractivity contribution < 1.29 is 9.53 Å². The summed E-state index contributed by atoms with van der Waals surface area (Å²) in [6.45, 7) is 4.71. The highest BCUT2D eigenvalue weighted by molar-refractivity contribution is 7.99. The molecule has 0 aromatic rings. The second kappa shape index (κ2) is 8.91. The van der Waals surface area contributed by atoms with E-state index in [4.69, 9.17) is 4.74 Å². The van der Waals surface area contributed by atoms with Gasteiger partial charge in [0, 0.05) is 0 Å². The maximum absolute atomic E-state index is 10.9. The molecule has 0 spiro atoms. The highest BCUT2D eigenvalue weighted by Crippen LogP contribution is 2.04. The van der Waals surface area contributed by atoms with E-state index in [1.807, 2.05) is 6.92 Å². The van der Waals surface area contributed by atoms with Crippen LogP contribution in [-0.2, 0) is 9.53 Å². The highest BCUT2D eigenvalue weighted by atomic mass is 32.2. The topological polar surface area (TPSA) is 26.3 Å². The molecule has 12 heavy (non-hydrogen) atoms. The summed E-state index contributed by atoms with van der Waals surface area (Å²) in [4.78, 5) is 10.9. The van der Waals surface area contributed by atoms with E-state index >= 15 is 0 Å². The van der Waals surface area contributed by atoms with Crippen LogP contribution in [0.1, 0.15) is 33.1 Å². The van der Waals surface area contributed by atoms with Crippen molar-refractivity contribution in [3.63, 3.8) is 0 Å². The van der Waals surface area contributed by atoms with Gasteiger partial charge in [0.1, 0.15) is 0 Å². The lowest BCUT2D eigenvalue weighted by Crippen LogP contribution is -2.08. The molecule has 0 aliphatic carbocycles. The van der Waals surface area contributed by atoms with E-state index in [0.717, 1.165) is 12.2 Å². The maximum Gasteiger partial charge on any atom is 0.315 e. The molecule has 3 heteroatoms. The second-order valence-electron chi connectivity index (χ2n) is 2.63. The van der Waals surface area contributed by atoms with Crippen LogP contribution in [0, 0.1) is 0 Å². The Balaban J connectivity index is 3.08. The minimum absolute atomic E-state index is 0.0713. The second-order valence-corrected chi connectivity index (χ2v) is 3.73. The summed E-state index contributed by atoms with van der Waals surface area (Å²) in [6.07, 6.45) is 3.29. The molecule has 0 aromatic carbocycles. The Hall–Kier alpha value is -0.180. The minimum Gasteiger partial charge on any atom is -0.465 e. The third-order valence-electron chi connectivity index (χ3n) is 1.33. The molecule has 0 aliphatic heterocycles. The zero-order valence-corrected chi connectivity index (χ0v) is 8.78. The van der Waals surface area contributed by atoms with Gasteiger partial charge in [-0.3, -0.25) is 4.79 Å². The molecule has 72 valence electrons. The van der Waals surface area contributed by atoms with Gasteiger partial charge in [-0.15, -0.1) is 0 Å². The van der Waals surface area contributed by atoms with Crippen LogP contribution in [0.3, 0.4) is 0 Å². The molecule has 0 heterocycles. The van der Waals surface area contributed by atoms with Crippen molar-refractivity contribution in [1.29, 1.82) is 0 Å². The van der Waals surface area contributed by atoms with Crippen LogP contribution in [-0.4, -0.2) is 24.1 Å². The average Bonchev–Trinajstić information content (AvgIpc) is 2.09. The molecule has 0 radical (unpaired) electrons. The smallest absolute Gasteiger partial charge is 0.315 e. The molecule has 0 saturated carbocycles. The first kappa shape index (κ1) is 11.8. The van der Waals surface area contributed by atoms with Crippen molar-refractivity contribution in [2.75, 3.05) is 18.1 Å². The van der Waals surface area contributed by atoms with Crippen LogP contribution in [0.5, 0.6) is 0 Å². The Morgan fingerprint density at radius 2 is 2.08 bits per heavy atom. The lowest BCUT2D eigenvalue weighted by molar-refractivity contribution is -0.140. The summed E-state index contributed by atoms with van der Waals surface area (Å²) in [5, 5.41) is 0. The fraction of sp³-hybridized carbons (Fsp3) is 0.889. The molecule has 0 atom stereocenters. The molecule has 2 nitrogen and oxygen atoms in total.